The van der Waals surface area contributed by atoms with Crippen LogP contribution < -0.4 is 4.74 Å². The Morgan fingerprint density at radius 1 is 1.24 bits per heavy atom. The van der Waals surface area contributed by atoms with Crippen molar-refractivity contribution < 1.29 is 19.4 Å². The molecular formula is C22H28N2O4S. The van der Waals surface area contributed by atoms with Gasteiger partial charge in [0.15, 0.2) is 0 Å². The van der Waals surface area contributed by atoms with Crippen molar-refractivity contribution in [2.45, 2.75) is 38.4 Å². The van der Waals surface area contributed by atoms with E-state index in [1.165, 1.54) is 12.8 Å². The predicted molar refractivity (Wildman–Crippen MR) is 111 cm³/mol. The quantitative estimate of drug-likeness (QED) is 0.730. The lowest BCUT2D eigenvalue weighted by atomic mass is 9.78. The molecule has 2 fully saturated rings. The largest absolute Gasteiger partial charge is 0.488 e. The number of likely N-dealkylation sites (tertiary alicyclic amines) is 1. The first-order chi connectivity index (χ1) is 14.0. The zero-order chi connectivity index (χ0) is 20.4. The van der Waals surface area contributed by atoms with E-state index in [1.807, 2.05) is 6.92 Å². The van der Waals surface area contributed by atoms with Crippen molar-refractivity contribution in [1.29, 1.82) is 0 Å². The number of nitrogens with zero attached hydrogens (tertiary/aromatic N) is 2. The molecule has 2 aliphatic rings. The van der Waals surface area contributed by atoms with E-state index in [2.05, 4.69) is 15.3 Å². The third-order valence-electron chi connectivity index (χ3n) is 6.07. The van der Waals surface area contributed by atoms with Gasteiger partial charge in [0.2, 0.25) is 0 Å². The van der Waals surface area contributed by atoms with Gasteiger partial charge in [-0.25, -0.2) is 9.78 Å². The number of aromatic nitrogens is 1. The highest BCUT2D eigenvalue weighted by Crippen LogP contribution is 2.38. The lowest BCUT2D eigenvalue weighted by Crippen LogP contribution is -2.42. The molecule has 4 atom stereocenters. The lowest BCUT2D eigenvalue weighted by Gasteiger charge is -2.35. The minimum Gasteiger partial charge on any atom is -0.488 e. The normalized spacial score (nSPS) is 26.9. The van der Waals surface area contributed by atoms with E-state index >= 15 is 0 Å². The molecule has 1 aliphatic heterocycles. The Kier molecular flexibility index (Phi) is 6.18. The van der Waals surface area contributed by atoms with Crippen molar-refractivity contribution >= 4 is 17.3 Å². The Morgan fingerprint density at radius 3 is 2.62 bits per heavy atom. The first kappa shape index (κ1) is 20.3. The topological polar surface area (TPSA) is 71.9 Å². The number of aliphatic hydroxyl groups excluding tert-OH is 1. The molecule has 7 heteroatoms. The third-order valence-corrected chi connectivity index (χ3v) is 6.90. The van der Waals surface area contributed by atoms with Crippen molar-refractivity contribution in [3.63, 3.8) is 0 Å². The Hall–Kier alpha value is -1.96. The number of methoxy groups -OCH3 is 1. The second kappa shape index (κ2) is 8.81. The average molecular weight is 417 g/mol. The van der Waals surface area contributed by atoms with Crippen molar-refractivity contribution in [3.05, 3.63) is 45.9 Å². The van der Waals surface area contributed by atoms with E-state index < -0.39 is 6.10 Å². The van der Waals surface area contributed by atoms with Gasteiger partial charge in [0, 0.05) is 31.4 Å². The van der Waals surface area contributed by atoms with E-state index in [1.54, 1.807) is 35.6 Å². The van der Waals surface area contributed by atoms with Gasteiger partial charge in [0.1, 0.15) is 11.9 Å². The van der Waals surface area contributed by atoms with Crippen LogP contribution in [0.2, 0.25) is 0 Å². The molecular weight excluding hydrogens is 388 g/mol. The third kappa shape index (κ3) is 4.79. The first-order valence-electron chi connectivity index (χ1n) is 10.2. The van der Waals surface area contributed by atoms with Gasteiger partial charge in [0.05, 0.1) is 29.5 Å². The molecule has 1 aliphatic carbocycles. The fourth-order valence-corrected chi connectivity index (χ4v) is 5.20. The number of rotatable bonds is 6. The van der Waals surface area contributed by atoms with Gasteiger partial charge in [-0.2, -0.15) is 0 Å². The highest BCUT2D eigenvalue weighted by molar-refractivity contribution is 7.09. The maximum Gasteiger partial charge on any atom is 0.337 e. The molecule has 1 saturated heterocycles. The van der Waals surface area contributed by atoms with Crippen LogP contribution in [0.3, 0.4) is 0 Å². The highest BCUT2D eigenvalue weighted by atomic mass is 32.1. The number of hydrogen-bond acceptors (Lipinski definition) is 7. The summed E-state index contributed by atoms with van der Waals surface area (Å²) < 4.78 is 10.8. The molecule has 2 heterocycles. The van der Waals surface area contributed by atoms with Crippen molar-refractivity contribution in [2.24, 2.45) is 11.8 Å². The summed E-state index contributed by atoms with van der Waals surface area (Å²) in [6, 6.07) is 6.91. The summed E-state index contributed by atoms with van der Waals surface area (Å²) in [6.45, 7) is 5.17. The van der Waals surface area contributed by atoms with Crippen molar-refractivity contribution in [2.75, 3.05) is 26.7 Å². The van der Waals surface area contributed by atoms with E-state index in [0.717, 1.165) is 43.9 Å². The van der Waals surface area contributed by atoms with Crippen LogP contribution in [0.1, 0.15) is 33.9 Å². The Bertz CT molecular complexity index is 838. The zero-order valence-electron chi connectivity index (χ0n) is 16.9. The van der Waals surface area contributed by atoms with Gasteiger partial charge >= 0.3 is 5.97 Å². The van der Waals surface area contributed by atoms with E-state index in [-0.39, 0.29) is 12.1 Å². The number of carbonyl (C=O) groups excluding carboxylic acids is 1. The molecule has 0 unspecified atom stereocenters. The summed E-state index contributed by atoms with van der Waals surface area (Å²) >= 11 is 1.71. The van der Waals surface area contributed by atoms with Crippen molar-refractivity contribution in [1.82, 2.24) is 9.88 Å². The number of thiazole rings is 1. The fraction of sp³-hybridized carbons (Fsp3) is 0.545. The molecule has 1 N–H and O–H groups in total. The van der Waals surface area contributed by atoms with Crippen LogP contribution in [0.5, 0.6) is 5.75 Å². The van der Waals surface area contributed by atoms with Crippen LogP contribution >= 0.6 is 11.3 Å². The minimum absolute atomic E-state index is 0.207. The Labute approximate surface area is 175 Å². The van der Waals surface area contributed by atoms with Crippen LogP contribution in [0.15, 0.2) is 29.6 Å². The zero-order valence-corrected chi connectivity index (χ0v) is 17.7. The summed E-state index contributed by atoms with van der Waals surface area (Å²) in [5.41, 5.74) is 1.67. The average Bonchev–Trinajstić information content (AvgIpc) is 3.31. The number of aryl methyl sites for hydroxylation is 1. The standard InChI is InChI=1S/C22H28N2O4S/c1-14-23-18(13-29-14)7-8-24-11-16-9-20(25)21(10-17(16)12-24)28-19-5-3-15(4-6-19)22(26)27-2/h3-6,13,16-17,20-21,25H,7-12H2,1-2H3/t16-,17+,20+,21+/m0/s1. The number of aliphatic hydroxyl groups is 1. The van der Waals surface area contributed by atoms with Gasteiger partial charge in [-0.3, -0.25) is 0 Å². The molecule has 6 nitrogen and oxygen atoms in total. The molecule has 0 spiro atoms. The summed E-state index contributed by atoms with van der Waals surface area (Å²) in [6.07, 6.45) is 1.96. The molecule has 2 aromatic rings. The number of ether oxygens (including phenoxy) is 2. The summed E-state index contributed by atoms with van der Waals surface area (Å²) in [5.74, 6) is 1.39. The molecule has 0 bridgehead atoms. The van der Waals surface area contributed by atoms with Gasteiger partial charge in [-0.1, -0.05) is 0 Å². The highest BCUT2D eigenvalue weighted by Gasteiger charge is 2.42. The molecule has 156 valence electrons. The predicted octanol–water partition coefficient (Wildman–Crippen LogP) is 2.93. The number of benzene rings is 1. The SMILES string of the molecule is COC(=O)c1ccc(O[C@@H]2C[C@@H]3CN(CCc4csc(C)n4)C[C@@H]3C[C@H]2O)cc1. The maximum atomic E-state index is 11.6. The molecule has 1 aromatic carbocycles. The van der Waals surface area contributed by atoms with Crippen LogP contribution in [-0.2, 0) is 11.2 Å². The van der Waals surface area contributed by atoms with Crippen LogP contribution in [0.25, 0.3) is 0 Å². The molecule has 0 amide bonds. The second-order valence-electron chi connectivity index (χ2n) is 8.10. The van der Waals surface area contributed by atoms with Crippen LogP contribution in [-0.4, -0.2) is 59.9 Å². The molecule has 0 radical (unpaired) electrons. The van der Waals surface area contributed by atoms with Gasteiger partial charge in [0.25, 0.3) is 0 Å². The first-order valence-corrected chi connectivity index (χ1v) is 11.1. The number of carbonyl (C=O) groups is 1. The van der Waals surface area contributed by atoms with Gasteiger partial charge < -0.3 is 19.5 Å². The second-order valence-corrected chi connectivity index (χ2v) is 9.16. The Balaban J connectivity index is 1.31. The lowest BCUT2D eigenvalue weighted by molar-refractivity contribution is -0.0231. The number of hydrogen-bond donors (Lipinski definition) is 1. The maximum absolute atomic E-state index is 11.6. The molecule has 1 aromatic heterocycles. The van der Waals surface area contributed by atoms with Crippen LogP contribution in [0, 0.1) is 18.8 Å². The number of fused-ring (bicyclic) bond motifs is 1. The number of esters is 1. The molecule has 29 heavy (non-hydrogen) atoms. The van der Waals surface area contributed by atoms with E-state index in [0.29, 0.717) is 23.1 Å². The Morgan fingerprint density at radius 2 is 1.97 bits per heavy atom. The molecule has 4 rings (SSSR count). The smallest absolute Gasteiger partial charge is 0.337 e. The minimum atomic E-state index is -0.460. The molecule has 1 saturated carbocycles. The summed E-state index contributed by atoms with van der Waals surface area (Å²) in [4.78, 5) is 18.6. The monoisotopic (exact) mass is 416 g/mol. The van der Waals surface area contributed by atoms with Crippen molar-refractivity contribution in [3.8, 4) is 5.75 Å². The van der Waals surface area contributed by atoms with E-state index in [4.69, 9.17) is 9.47 Å². The van der Waals surface area contributed by atoms with Gasteiger partial charge in [-0.05, 0) is 55.9 Å². The fourth-order valence-electron chi connectivity index (χ4n) is 4.55. The van der Waals surface area contributed by atoms with Crippen LogP contribution in [0.4, 0.5) is 0 Å². The summed E-state index contributed by atoms with van der Waals surface area (Å²) in [7, 11) is 1.37. The van der Waals surface area contributed by atoms with Gasteiger partial charge in [-0.15, -0.1) is 11.3 Å². The summed E-state index contributed by atoms with van der Waals surface area (Å²) in [5, 5.41) is 13.9. The van der Waals surface area contributed by atoms with E-state index in [9.17, 15) is 9.90 Å².